The van der Waals surface area contributed by atoms with Crippen LogP contribution in [0.4, 0.5) is 0 Å². The molecule has 0 bridgehead atoms. The lowest BCUT2D eigenvalue weighted by Gasteiger charge is -2.19. The number of hydrogen-bond acceptors (Lipinski definition) is 2. The maximum absolute atomic E-state index is 4.61. The summed E-state index contributed by atoms with van der Waals surface area (Å²) in [6.07, 6.45) is 0. The van der Waals surface area contributed by atoms with Crippen molar-refractivity contribution in [3.63, 3.8) is 0 Å². The number of aromatic nitrogens is 3. The molecule has 0 saturated heterocycles. The van der Waals surface area contributed by atoms with E-state index >= 15 is 0 Å². The first kappa shape index (κ1) is 21.1. The summed E-state index contributed by atoms with van der Waals surface area (Å²) < 4.78 is 3.23. The molecule has 0 aliphatic carbocycles. The Morgan fingerprint density at radius 3 is 2.00 bits per heavy atom. The molecule has 0 fully saturated rings. The Labute approximate surface area is 207 Å². The molecule has 0 radical (unpaired) electrons. The normalized spacial score (nSPS) is 12.1. The number of hydrogen-bond donors (Lipinski definition) is 0. The van der Waals surface area contributed by atoms with Gasteiger partial charge in [-0.1, -0.05) is 103 Å². The predicted molar refractivity (Wildman–Crippen MR) is 145 cm³/mol. The lowest BCUT2D eigenvalue weighted by atomic mass is 9.86. The Kier molecular flexibility index (Phi) is 4.82. The van der Waals surface area contributed by atoms with Crippen LogP contribution in [0.3, 0.4) is 0 Å². The molecule has 0 amide bonds. The molecule has 0 saturated carbocycles. The standard InChI is InChI=1S/C30H24BrN3/c1-30(2,3)22-13-8-19(9-14-22)21-12-17-27-26(18-21)24-6-4-5-7-25(24)29-33-32-28(34(27)29)20-10-15-23(31)16-11-20/h4-18H,1-3H3. The van der Waals surface area contributed by atoms with Crippen LogP contribution in [-0.2, 0) is 5.41 Å². The van der Waals surface area contributed by atoms with Crippen molar-refractivity contribution < 1.29 is 0 Å². The first-order valence-corrected chi connectivity index (χ1v) is 12.3. The summed E-state index contributed by atoms with van der Waals surface area (Å²) >= 11 is 3.53. The third-order valence-corrected chi connectivity index (χ3v) is 7.07. The molecule has 2 aromatic heterocycles. The van der Waals surface area contributed by atoms with E-state index in [1.165, 1.54) is 27.5 Å². The average Bonchev–Trinajstić information content (AvgIpc) is 3.29. The third-order valence-electron chi connectivity index (χ3n) is 6.55. The first-order valence-electron chi connectivity index (χ1n) is 11.5. The first-order chi connectivity index (χ1) is 16.4. The molecule has 0 unspecified atom stereocenters. The summed E-state index contributed by atoms with van der Waals surface area (Å²) in [4.78, 5) is 0. The number of rotatable bonds is 2. The van der Waals surface area contributed by atoms with E-state index in [0.29, 0.717) is 0 Å². The van der Waals surface area contributed by atoms with Crippen molar-refractivity contribution in [2.75, 3.05) is 0 Å². The number of pyridine rings is 1. The van der Waals surface area contributed by atoms with E-state index in [1.54, 1.807) is 0 Å². The van der Waals surface area contributed by atoms with Gasteiger partial charge in [-0.25, -0.2) is 0 Å². The zero-order valence-electron chi connectivity index (χ0n) is 19.4. The van der Waals surface area contributed by atoms with Gasteiger partial charge in [-0.2, -0.15) is 0 Å². The SMILES string of the molecule is CC(C)(C)c1ccc(-c2ccc3c(c2)c2ccccc2c2nnc(-c4ccc(Br)cc4)n32)cc1. The van der Waals surface area contributed by atoms with Crippen molar-refractivity contribution in [3.8, 4) is 22.5 Å². The van der Waals surface area contributed by atoms with Crippen LogP contribution in [0, 0.1) is 0 Å². The lowest BCUT2D eigenvalue weighted by molar-refractivity contribution is 0.590. The number of benzene rings is 4. The molecule has 0 spiro atoms. The van der Waals surface area contributed by atoms with Gasteiger partial charge in [0.1, 0.15) is 0 Å². The molecular weight excluding hydrogens is 482 g/mol. The molecule has 6 rings (SSSR count). The van der Waals surface area contributed by atoms with E-state index in [0.717, 1.165) is 32.4 Å². The van der Waals surface area contributed by atoms with Crippen molar-refractivity contribution >= 4 is 43.3 Å². The van der Waals surface area contributed by atoms with Crippen LogP contribution in [0.2, 0.25) is 0 Å². The van der Waals surface area contributed by atoms with E-state index in [4.69, 9.17) is 0 Å². The lowest BCUT2D eigenvalue weighted by Crippen LogP contribution is -2.10. The summed E-state index contributed by atoms with van der Waals surface area (Å²) in [5.74, 6) is 0.848. The largest absolute Gasteiger partial charge is 0.274 e. The second-order valence-electron chi connectivity index (χ2n) is 9.79. The summed E-state index contributed by atoms with van der Waals surface area (Å²) in [7, 11) is 0. The maximum Gasteiger partial charge on any atom is 0.169 e. The van der Waals surface area contributed by atoms with Crippen molar-refractivity contribution in [1.29, 1.82) is 0 Å². The van der Waals surface area contributed by atoms with Gasteiger partial charge in [-0.15, -0.1) is 10.2 Å². The second-order valence-corrected chi connectivity index (χ2v) is 10.7. The predicted octanol–water partition coefficient (Wildman–Crippen LogP) is 8.43. The summed E-state index contributed by atoms with van der Waals surface area (Å²) in [6.45, 7) is 6.74. The Balaban J connectivity index is 1.62. The molecule has 34 heavy (non-hydrogen) atoms. The van der Waals surface area contributed by atoms with Gasteiger partial charge in [0.25, 0.3) is 0 Å². The molecule has 0 N–H and O–H groups in total. The highest BCUT2D eigenvalue weighted by Gasteiger charge is 2.17. The highest BCUT2D eigenvalue weighted by Crippen LogP contribution is 2.35. The fourth-order valence-corrected chi connectivity index (χ4v) is 4.94. The van der Waals surface area contributed by atoms with Crippen LogP contribution in [0.5, 0.6) is 0 Å². The van der Waals surface area contributed by atoms with Gasteiger partial charge in [0.2, 0.25) is 0 Å². The van der Waals surface area contributed by atoms with Gasteiger partial charge in [0.15, 0.2) is 11.5 Å². The summed E-state index contributed by atoms with van der Waals surface area (Å²) in [5, 5.41) is 12.7. The summed E-state index contributed by atoms with van der Waals surface area (Å²) in [6, 6.07) is 32.4. The van der Waals surface area contributed by atoms with Crippen LogP contribution < -0.4 is 0 Å². The number of nitrogens with zero attached hydrogens (tertiary/aromatic N) is 3. The smallest absolute Gasteiger partial charge is 0.169 e. The van der Waals surface area contributed by atoms with Crippen molar-refractivity contribution in [3.05, 3.63) is 101 Å². The highest BCUT2D eigenvalue weighted by atomic mass is 79.9. The maximum atomic E-state index is 4.61. The molecule has 3 nitrogen and oxygen atoms in total. The highest BCUT2D eigenvalue weighted by molar-refractivity contribution is 9.10. The third kappa shape index (κ3) is 3.41. The van der Waals surface area contributed by atoms with Gasteiger partial charge < -0.3 is 0 Å². The minimum absolute atomic E-state index is 0.140. The van der Waals surface area contributed by atoms with E-state index in [9.17, 15) is 0 Å². The quantitative estimate of drug-likeness (QED) is 0.221. The van der Waals surface area contributed by atoms with Gasteiger partial charge in [0, 0.05) is 20.8 Å². The number of halogens is 1. The van der Waals surface area contributed by atoms with Gasteiger partial charge in [-0.3, -0.25) is 4.40 Å². The summed E-state index contributed by atoms with van der Waals surface area (Å²) in [5.41, 5.74) is 6.92. The van der Waals surface area contributed by atoms with Crippen molar-refractivity contribution in [1.82, 2.24) is 14.6 Å². The molecule has 2 heterocycles. The Bertz CT molecular complexity index is 1670. The van der Waals surface area contributed by atoms with Gasteiger partial charge in [0.05, 0.1) is 5.52 Å². The van der Waals surface area contributed by atoms with E-state index in [2.05, 4.69) is 130 Å². The minimum atomic E-state index is 0.140. The van der Waals surface area contributed by atoms with Crippen molar-refractivity contribution in [2.45, 2.75) is 26.2 Å². The second kappa shape index (κ2) is 7.78. The van der Waals surface area contributed by atoms with Crippen LogP contribution >= 0.6 is 15.9 Å². The number of fused-ring (bicyclic) bond motifs is 6. The molecule has 0 atom stereocenters. The van der Waals surface area contributed by atoms with Gasteiger partial charge in [-0.05, 0) is 51.8 Å². The van der Waals surface area contributed by atoms with E-state index < -0.39 is 0 Å². The Hall–Kier alpha value is -3.50. The molecule has 0 aliphatic heterocycles. The fraction of sp³-hybridized carbons (Fsp3) is 0.133. The van der Waals surface area contributed by atoms with Gasteiger partial charge >= 0.3 is 0 Å². The molecule has 0 aliphatic rings. The fourth-order valence-electron chi connectivity index (χ4n) is 4.67. The molecule has 6 aromatic rings. The Morgan fingerprint density at radius 1 is 0.647 bits per heavy atom. The minimum Gasteiger partial charge on any atom is -0.274 e. The van der Waals surface area contributed by atoms with E-state index in [-0.39, 0.29) is 5.41 Å². The molecule has 4 heteroatoms. The monoisotopic (exact) mass is 505 g/mol. The zero-order valence-corrected chi connectivity index (χ0v) is 21.0. The van der Waals surface area contributed by atoms with Crippen LogP contribution in [0.25, 0.3) is 49.8 Å². The zero-order chi connectivity index (χ0) is 23.4. The van der Waals surface area contributed by atoms with Crippen LogP contribution in [-0.4, -0.2) is 14.6 Å². The topological polar surface area (TPSA) is 30.2 Å². The molecular formula is C30H24BrN3. The van der Waals surface area contributed by atoms with Crippen LogP contribution in [0.15, 0.2) is 95.5 Å². The van der Waals surface area contributed by atoms with E-state index in [1.807, 2.05) is 12.1 Å². The Morgan fingerprint density at radius 2 is 1.29 bits per heavy atom. The van der Waals surface area contributed by atoms with Crippen LogP contribution in [0.1, 0.15) is 26.3 Å². The molecule has 166 valence electrons. The molecule has 4 aromatic carbocycles. The average molecular weight is 506 g/mol. The van der Waals surface area contributed by atoms with Crippen molar-refractivity contribution in [2.24, 2.45) is 0 Å².